The molecule has 2 aliphatic rings. The van der Waals surface area contributed by atoms with Crippen LogP contribution in [0, 0.1) is 0 Å². The van der Waals surface area contributed by atoms with Gasteiger partial charge in [-0.3, -0.25) is 14.8 Å². The third-order valence-corrected chi connectivity index (χ3v) is 8.76. The van der Waals surface area contributed by atoms with Crippen molar-refractivity contribution < 1.29 is 14.6 Å². The van der Waals surface area contributed by atoms with E-state index in [0.717, 1.165) is 110 Å². The van der Waals surface area contributed by atoms with E-state index >= 15 is 0 Å². The van der Waals surface area contributed by atoms with Gasteiger partial charge in [-0.2, -0.15) is 5.10 Å². The van der Waals surface area contributed by atoms with Gasteiger partial charge in [0.15, 0.2) is 11.6 Å². The molecular weight excluding hydrogens is 514 g/mol. The lowest BCUT2D eigenvalue weighted by Crippen LogP contribution is -2.45. The summed E-state index contributed by atoms with van der Waals surface area (Å²) in [5, 5.41) is 17.1. The second-order valence-corrected chi connectivity index (χ2v) is 11.5. The molecule has 2 aliphatic heterocycles. The van der Waals surface area contributed by atoms with E-state index in [0.29, 0.717) is 13.2 Å². The van der Waals surface area contributed by atoms with E-state index in [-0.39, 0.29) is 6.42 Å². The fourth-order valence-corrected chi connectivity index (χ4v) is 6.65. The number of unbranched alkanes of at least 4 members (excludes halogenated alkanes) is 2. The van der Waals surface area contributed by atoms with Crippen molar-refractivity contribution in [2.24, 2.45) is 0 Å². The fourth-order valence-electron chi connectivity index (χ4n) is 5.50. The molecule has 0 amide bonds. The van der Waals surface area contributed by atoms with E-state index in [1.54, 1.807) is 0 Å². The van der Waals surface area contributed by atoms with Crippen molar-refractivity contribution in [2.45, 2.75) is 32.2 Å². The third-order valence-electron chi connectivity index (χ3n) is 7.65. The maximum Gasteiger partial charge on any atom is 0.303 e. The first-order valence-electron chi connectivity index (χ1n) is 13.9. The zero-order valence-electron chi connectivity index (χ0n) is 22.1. The van der Waals surface area contributed by atoms with Crippen LogP contribution in [0.3, 0.4) is 0 Å². The lowest BCUT2D eigenvalue weighted by atomic mass is 10.1. The van der Waals surface area contributed by atoms with Crippen molar-refractivity contribution in [2.75, 3.05) is 63.9 Å². The van der Waals surface area contributed by atoms with Gasteiger partial charge in [0.05, 0.1) is 35.1 Å². The van der Waals surface area contributed by atoms with Crippen LogP contribution in [0.25, 0.3) is 32.5 Å². The summed E-state index contributed by atoms with van der Waals surface area (Å²) in [6, 6.07) is 8.36. The lowest BCUT2D eigenvalue weighted by Gasteiger charge is -2.34. The molecule has 4 aromatic rings. The summed E-state index contributed by atoms with van der Waals surface area (Å²) < 4.78 is 6.78. The molecule has 0 aliphatic carbocycles. The number of anilines is 1. The van der Waals surface area contributed by atoms with Gasteiger partial charge in [0.2, 0.25) is 0 Å². The van der Waals surface area contributed by atoms with E-state index < -0.39 is 5.97 Å². The average Bonchev–Trinajstić information content (AvgIpc) is 3.60. The molecular formula is C28H35N7O3S. The average molecular weight is 550 g/mol. The number of thiophene rings is 1. The first kappa shape index (κ1) is 26.1. The number of hydrogen-bond acceptors (Lipinski definition) is 9. The van der Waals surface area contributed by atoms with Gasteiger partial charge in [-0.25, -0.2) is 9.97 Å². The molecule has 1 aromatic carbocycles. The Morgan fingerprint density at radius 1 is 1.03 bits per heavy atom. The zero-order chi connectivity index (χ0) is 26.6. The molecule has 0 atom stereocenters. The van der Waals surface area contributed by atoms with Crippen LogP contribution in [0.2, 0.25) is 0 Å². The minimum atomic E-state index is -0.695. The number of rotatable bonds is 10. The number of benzene rings is 1. The number of aromatic nitrogens is 4. The molecule has 0 spiro atoms. The van der Waals surface area contributed by atoms with Crippen molar-refractivity contribution >= 4 is 44.2 Å². The van der Waals surface area contributed by atoms with Crippen LogP contribution in [0.15, 0.2) is 30.5 Å². The Morgan fingerprint density at radius 3 is 2.67 bits per heavy atom. The Balaban J connectivity index is 1.18. The Kier molecular flexibility index (Phi) is 8.00. The standard InChI is InChI=1S/C28H35N7O3S/c36-25(37)7-2-1-3-8-33-9-11-34(12-10-33)19-20-17-24-26(39-20)28(35-13-15-38-16-14-35)31-27(30-24)21-5-4-6-23-22(21)18-29-32-23/h4-6,17-18H,1-3,7-16,19H2,(H,29,32)(H,36,37). The number of carboxylic acid groups (broad SMARTS) is 1. The third kappa shape index (κ3) is 6.06. The summed E-state index contributed by atoms with van der Waals surface area (Å²) in [6.45, 7) is 9.24. The van der Waals surface area contributed by atoms with Gasteiger partial charge in [-0.15, -0.1) is 11.3 Å². The Morgan fingerprint density at radius 2 is 1.85 bits per heavy atom. The Bertz CT molecular complexity index is 1420. The molecule has 3 aromatic heterocycles. The monoisotopic (exact) mass is 549 g/mol. The summed E-state index contributed by atoms with van der Waals surface area (Å²) in [6.07, 6.45) is 4.96. The highest BCUT2D eigenvalue weighted by Gasteiger charge is 2.23. The lowest BCUT2D eigenvalue weighted by molar-refractivity contribution is -0.137. The number of fused-ring (bicyclic) bond motifs is 2. The van der Waals surface area contributed by atoms with Crippen LogP contribution in [-0.4, -0.2) is 100 Å². The van der Waals surface area contributed by atoms with Crippen LogP contribution >= 0.6 is 11.3 Å². The zero-order valence-corrected chi connectivity index (χ0v) is 23.0. The molecule has 10 nitrogen and oxygen atoms in total. The number of carbonyl (C=O) groups is 1. The number of piperazine rings is 1. The van der Waals surface area contributed by atoms with E-state index in [9.17, 15) is 4.79 Å². The second kappa shape index (κ2) is 12.0. The molecule has 6 rings (SSSR count). The van der Waals surface area contributed by atoms with Crippen molar-refractivity contribution in [3.8, 4) is 11.4 Å². The minimum Gasteiger partial charge on any atom is -0.481 e. The van der Waals surface area contributed by atoms with E-state index in [4.69, 9.17) is 19.8 Å². The molecule has 2 saturated heterocycles. The first-order valence-corrected chi connectivity index (χ1v) is 14.7. The largest absolute Gasteiger partial charge is 0.481 e. The molecule has 0 unspecified atom stereocenters. The molecule has 2 fully saturated rings. The smallest absolute Gasteiger partial charge is 0.303 e. The van der Waals surface area contributed by atoms with E-state index in [1.807, 2.05) is 29.7 Å². The fraction of sp³-hybridized carbons (Fsp3) is 0.500. The molecule has 0 radical (unpaired) electrons. The predicted molar refractivity (Wildman–Crippen MR) is 153 cm³/mol. The Hall–Kier alpha value is -3.12. The molecule has 39 heavy (non-hydrogen) atoms. The number of nitrogens with one attached hydrogen (secondary N) is 1. The van der Waals surface area contributed by atoms with Crippen LogP contribution in [0.4, 0.5) is 5.82 Å². The first-order chi connectivity index (χ1) is 19.1. The van der Waals surface area contributed by atoms with Gasteiger partial charge in [0.25, 0.3) is 0 Å². The van der Waals surface area contributed by atoms with Crippen LogP contribution < -0.4 is 4.90 Å². The maximum absolute atomic E-state index is 10.7. The topological polar surface area (TPSA) is 111 Å². The summed E-state index contributed by atoms with van der Waals surface area (Å²) in [5.41, 5.74) is 2.97. The van der Waals surface area contributed by atoms with Crippen molar-refractivity contribution in [1.82, 2.24) is 30.0 Å². The molecule has 0 saturated carbocycles. The second-order valence-electron chi connectivity index (χ2n) is 10.4. The molecule has 206 valence electrons. The summed E-state index contributed by atoms with van der Waals surface area (Å²) in [4.78, 5) is 29.6. The number of aliphatic carboxylic acids is 1. The van der Waals surface area contributed by atoms with Crippen LogP contribution in [0.1, 0.15) is 30.6 Å². The summed E-state index contributed by atoms with van der Waals surface area (Å²) >= 11 is 1.81. The van der Waals surface area contributed by atoms with Gasteiger partial charge >= 0.3 is 5.97 Å². The predicted octanol–water partition coefficient (Wildman–Crippen LogP) is 3.83. The summed E-state index contributed by atoms with van der Waals surface area (Å²) in [7, 11) is 0. The van der Waals surface area contributed by atoms with Gasteiger partial charge < -0.3 is 19.6 Å². The number of morpholine rings is 1. The highest BCUT2D eigenvalue weighted by Crippen LogP contribution is 2.36. The number of hydrogen-bond donors (Lipinski definition) is 2. The number of nitrogens with zero attached hydrogens (tertiary/aromatic N) is 6. The van der Waals surface area contributed by atoms with E-state index in [2.05, 4.69) is 37.0 Å². The minimum absolute atomic E-state index is 0.279. The number of H-pyrrole nitrogens is 1. The van der Waals surface area contributed by atoms with E-state index in [1.165, 1.54) is 4.88 Å². The molecule has 0 bridgehead atoms. The highest BCUT2D eigenvalue weighted by atomic mass is 32.1. The highest BCUT2D eigenvalue weighted by molar-refractivity contribution is 7.19. The Labute approximate surface area is 231 Å². The number of aromatic amines is 1. The molecule has 5 heterocycles. The van der Waals surface area contributed by atoms with Gasteiger partial charge in [0.1, 0.15) is 0 Å². The van der Waals surface area contributed by atoms with Crippen molar-refractivity contribution in [3.05, 3.63) is 35.3 Å². The quantitative estimate of drug-likeness (QED) is 0.285. The summed E-state index contributed by atoms with van der Waals surface area (Å²) in [5.74, 6) is 1.04. The van der Waals surface area contributed by atoms with Gasteiger partial charge in [0, 0.05) is 68.1 Å². The van der Waals surface area contributed by atoms with Crippen molar-refractivity contribution in [3.63, 3.8) is 0 Å². The van der Waals surface area contributed by atoms with Crippen LogP contribution in [0.5, 0.6) is 0 Å². The molecule has 11 heteroatoms. The SMILES string of the molecule is O=C(O)CCCCCN1CCN(Cc2cc3nc(-c4cccc5[nH]ncc45)nc(N4CCOCC4)c3s2)CC1. The van der Waals surface area contributed by atoms with Gasteiger partial charge in [-0.1, -0.05) is 18.6 Å². The molecule has 2 N–H and O–H groups in total. The van der Waals surface area contributed by atoms with Gasteiger partial charge in [-0.05, 0) is 31.5 Å². The van der Waals surface area contributed by atoms with Crippen LogP contribution in [-0.2, 0) is 16.1 Å². The number of carboxylic acids is 1. The maximum atomic E-state index is 10.7. The normalized spacial score (nSPS) is 17.4. The van der Waals surface area contributed by atoms with Crippen molar-refractivity contribution in [1.29, 1.82) is 0 Å². The number of ether oxygens (including phenoxy) is 1.